The lowest BCUT2D eigenvalue weighted by atomic mass is 10.2. The van der Waals surface area contributed by atoms with Crippen LogP contribution in [0.15, 0.2) is 45.9 Å². The molecule has 11 heteroatoms. The molecule has 1 amide bonds. The van der Waals surface area contributed by atoms with Crippen molar-refractivity contribution in [2.75, 3.05) is 6.54 Å². The first kappa shape index (κ1) is 26.1. The Kier molecular flexibility index (Phi) is 9.61. The van der Waals surface area contributed by atoms with Gasteiger partial charge in [-0.3, -0.25) is 9.59 Å². The van der Waals surface area contributed by atoms with Crippen LogP contribution in [-0.4, -0.2) is 27.0 Å². The molecular formula is C22H24BrF2N5O3. The number of nitrogens with two attached hydrogens (primary N) is 2. The van der Waals surface area contributed by atoms with Crippen molar-refractivity contribution in [1.82, 2.24) is 14.5 Å². The van der Waals surface area contributed by atoms with Crippen molar-refractivity contribution < 1.29 is 18.3 Å². The number of ether oxygens (including phenoxy) is 1. The fourth-order valence-electron chi connectivity index (χ4n) is 2.64. The van der Waals surface area contributed by atoms with Crippen LogP contribution in [0.5, 0.6) is 5.75 Å². The zero-order valence-electron chi connectivity index (χ0n) is 18.1. The van der Waals surface area contributed by atoms with Crippen LogP contribution >= 0.6 is 15.9 Å². The van der Waals surface area contributed by atoms with E-state index < -0.39 is 17.5 Å². The Morgan fingerprint density at radius 3 is 2.39 bits per heavy atom. The van der Waals surface area contributed by atoms with Crippen LogP contribution in [0.4, 0.5) is 8.78 Å². The molecule has 0 saturated heterocycles. The summed E-state index contributed by atoms with van der Waals surface area (Å²) >= 11 is 3.26. The molecule has 0 saturated carbocycles. The summed E-state index contributed by atoms with van der Waals surface area (Å²) < 4.78 is 34.2. The van der Waals surface area contributed by atoms with Gasteiger partial charge >= 0.3 is 0 Å². The maximum absolute atomic E-state index is 13.8. The molecule has 0 unspecified atom stereocenters. The van der Waals surface area contributed by atoms with E-state index in [0.717, 1.165) is 29.9 Å². The number of benzene rings is 1. The zero-order chi connectivity index (χ0) is 24.5. The second-order valence-corrected chi connectivity index (χ2v) is 7.70. The first-order chi connectivity index (χ1) is 15.7. The van der Waals surface area contributed by atoms with Crippen LogP contribution in [0.1, 0.15) is 29.6 Å². The lowest BCUT2D eigenvalue weighted by Gasteiger charge is -2.15. The van der Waals surface area contributed by atoms with Crippen molar-refractivity contribution in [2.45, 2.75) is 33.4 Å². The first-order valence-corrected chi connectivity index (χ1v) is 10.7. The summed E-state index contributed by atoms with van der Waals surface area (Å²) in [5.74, 6) is -0.788. The van der Waals surface area contributed by atoms with E-state index in [0.29, 0.717) is 18.0 Å². The second kappa shape index (κ2) is 12.2. The molecule has 1 aromatic carbocycles. The zero-order valence-corrected chi connectivity index (χ0v) is 19.7. The van der Waals surface area contributed by atoms with Gasteiger partial charge < -0.3 is 20.8 Å². The highest BCUT2D eigenvalue weighted by atomic mass is 79.9. The number of carbonyl (C=O) groups excluding carboxylic acids is 1. The summed E-state index contributed by atoms with van der Waals surface area (Å²) in [6.45, 7) is 3.89. The van der Waals surface area contributed by atoms with Gasteiger partial charge in [-0.05, 0) is 35.0 Å². The van der Waals surface area contributed by atoms with E-state index in [9.17, 15) is 18.4 Å². The molecule has 0 aliphatic heterocycles. The van der Waals surface area contributed by atoms with Crippen LogP contribution in [0.2, 0.25) is 0 Å². The first-order valence-electron chi connectivity index (χ1n) is 9.91. The van der Waals surface area contributed by atoms with Gasteiger partial charge in [-0.1, -0.05) is 6.92 Å². The average molecular weight is 524 g/mol. The Labute approximate surface area is 197 Å². The van der Waals surface area contributed by atoms with Crippen molar-refractivity contribution >= 4 is 21.8 Å². The van der Waals surface area contributed by atoms with E-state index in [1.165, 1.54) is 6.07 Å². The van der Waals surface area contributed by atoms with Gasteiger partial charge in [0.25, 0.3) is 5.56 Å². The predicted molar refractivity (Wildman–Crippen MR) is 123 cm³/mol. The van der Waals surface area contributed by atoms with Crippen molar-refractivity contribution in [2.24, 2.45) is 11.5 Å². The highest BCUT2D eigenvalue weighted by molar-refractivity contribution is 9.10. The van der Waals surface area contributed by atoms with E-state index >= 15 is 0 Å². The maximum atomic E-state index is 13.8. The Morgan fingerprint density at radius 1 is 1.21 bits per heavy atom. The van der Waals surface area contributed by atoms with Gasteiger partial charge in [-0.25, -0.2) is 18.7 Å². The molecule has 2 heterocycles. The number of rotatable bonds is 7. The number of primary amides is 1. The third-order valence-electron chi connectivity index (χ3n) is 4.43. The van der Waals surface area contributed by atoms with E-state index in [2.05, 4.69) is 31.6 Å². The number of halogens is 3. The summed E-state index contributed by atoms with van der Waals surface area (Å²) in [6, 6.07) is 4.95. The minimum atomic E-state index is -0.697. The van der Waals surface area contributed by atoms with Gasteiger partial charge in [0.1, 0.15) is 34.3 Å². The molecule has 4 N–H and O–H groups in total. The molecule has 176 valence electrons. The summed E-state index contributed by atoms with van der Waals surface area (Å²) in [4.78, 5) is 30.7. The van der Waals surface area contributed by atoms with Gasteiger partial charge in [0.15, 0.2) is 0 Å². The molecule has 33 heavy (non-hydrogen) atoms. The predicted octanol–water partition coefficient (Wildman–Crippen LogP) is 2.61. The summed E-state index contributed by atoms with van der Waals surface area (Å²) in [6.07, 6.45) is 4.15. The summed E-state index contributed by atoms with van der Waals surface area (Å²) in [7, 11) is 0. The fraction of sp³-hybridized carbons (Fsp3) is 0.273. The molecule has 0 bridgehead atoms. The minimum Gasteiger partial charge on any atom is -0.487 e. The van der Waals surface area contributed by atoms with Crippen LogP contribution < -0.4 is 21.8 Å². The number of hydrogen-bond donors (Lipinski definition) is 2. The number of hydrogen-bond acceptors (Lipinski definition) is 6. The Balaban J connectivity index is 0.000000696. The topological polar surface area (TPSA) is 126 Å². The van der Waals surface area contributed by atoms with Crippen molar-refractivity contribution in [3.05, 3.63) is 85.8 Å². The number of carbonyl (C=O) groups is 1. The third kappa shape index (κ3) is 7.43. The summed E-state index contributed by atoms with van der Waals surface area (Å²) in [5.41, 5.74) is 10.6. The fourth-order valence-corrected chi connectivity index (χ4v) is 3.08. The molecule has 8 nitrogen and oxygen atoms in total. The SMILES string of the molecule is CCc1ncc(Cn2c(C)cc(OCc3ccc(F)cc3F)c(Br)c2=O)cn1.NCC(N)=O. The number of nitrogens with zero attached hydrogens (tertiary/aromatic N) is 3. The Morgan fingerprint density at radius 2 is 1.85 bits per heavy atom. The lowest BCUT2D eigenvalue weighted by molar-refractivity contribution is -0.116. The van der Waals surface area contributed by atoms with Gasteiger partial charge in [-0.2, -0.15) is 0 Å². The highest BCUT2D eigenvalue weighted by Gasteiger charge is 2.14. The molecule has 2 aromatic heterocycles. The highest BCUT2D eigenvalue weighted by Crippen LogP contribution is 2.24. The maximum Gasteiger partial charge on any atom is 0.269 e. The van der Waals surface area contributed by atoms with Crippen molar-refractivity contribution in [1.29, 1.82) is 0 Å². The van der Waals surface area contributed by atoms with Crippen molar-refractivity contribution in [3.8, 4) is 5.75 Å². The van der Waals surface area contributed by atoms with Crippen molar-refractivity contribution in [3.63, 3.8) is 0 Å². The average Bonchev–Trinajstić information content (AvgIpc) is 2.80. The van der Waals surface area contributed by atoms with Gasteiger partial charge in [0.05, 0.1) is 13.1 Å². The molecule has 0 radical (unpaired) electrons. The number of aromatic nitrogens is 3. The lowest BCUT2D eigenvalue weighted by Crippen LogP contribution is -2.24. The minimum absolute atomic E-state index is 0.0556. The molecule has 0 aliphatic rings. The molecular weight excluding hydrogens is 500 g/mol. The van der Waals surface area contributed by atoms with Crippen LogP contribution in [-0.2, 0) is 24.4 Å². The Bertz CT molecular complexity index is 1170. The van der Waals surface area contributed by atoms with Gasteiger partial charge in [0, 0.05) is 47.8 Å². The van der Waals surface area contributed by atoms with Gasteiger partial charge in [-0.15, -0.1) is 0 Å². The normalized spacial score (nSPS) is 10.4. The molecule has 0 fully saturated rings. The molecule has 3 rings (SSSR count). The second-order valence-electron chi connectivity index (χ2n) is 6.91. The van der Waals surface area contributed by atoms with Gasteiger partial charge in [0.2, 0.25) is 5.91 Å². The molecule has 0 aliphatic carbocycles. The Hall–Kier alpha value is -3.18. The summed E-state index contributed by atoms with van der Waals surface area (Å²) in [5, 5.41) is 0. The quantitative estimate of drug-likeness (QED) is 0.490. The molecule has 0 atom stereocenters. The van der Waals surface area contributed by atoms with Crippen LogP contribution in [0.25, 0.3) is 0 Å². The number of aryl methyl sites for hydroxylation is 2. The number of amides is 1. The van der Waals surface area contributed by atoms with Crippen LogP contribution in [0.3, 0.4) is 0 Å². The standard InChI is InChI=1S/C20H18BrF2N3O2.C2H6N2O/c1-3-18-24-8-13(9-25-18)10-26-12(2)6-17(19(21)20(26)27)28-11-14-4-5-15(22)7-16(14)23;3-1-2(4)5/h4-9H,3,10-11H2,1-2H3;1,3H2,(H2,4,5). The third-order valence-corrected chi connectivity index (χ3v) is 5.16. The van der Waals surface area contributed by atoms with Crippen LogP contribution in [0, 0.1) is 18.6 Å². The smallest absolute Gasteiger partial charge is 0.269 e. The van der Waals surface area contributed by atoms with E-state index in [-0.39, 0.29) is 28.7 Å². The number of pyridine rings is 1. The monoisotopic (exact) mass is 523 g/mol. The largest absolute Gasteiger partial charge is 0.487 e. The van der Waals surface area contributed by atoms with E-state index in [1.54, 1.807) is 30.0 Å². The van der Waals surface area contributed by atoms with E-state index in [1.807, 2.05) is 6.92 Å². The van der Waals surface area contributed by atoms with E-state index in [4.69, 9.17) is 10.5 Å². The molecule has 3 aromatic rings. The molecule has 0 spiro atoms.